The van der Waals surface area contributed by atoms with Crippen LogP contribution in [0.3, 0.4) is 0 Å². The molecule has 0 atom stereocenters. The number of allylic oxidation sites excluding steroid dienone is 8. The van der Waals surface area contributed by atoms with Crippen LogP contribution in [-0.4, -0.2) is 11.6 Å². The first-order chi connectivity index (χ1) is 53.8. The first-order valence-electron chi connectivity index (χ1n) is 35.9. The van der Waals surface area contributed by atoms with E-state index in [-0.39, 0.29) is 11.6 Å². The maximum Gasteiger partial charge on any atom is 0.195 e. The van der Waals surface area contributed by atoms with Gasteiger partial charge in [0.15, 0.2) is 11.6 Å². The highest BCUT2D eigenvalue weighted by atomic mass is 16.5. The van der Waals surface area contributed by atoms with E-state index in [1.54, 1.807) is 0 Å². The van der Waals surface area contributed by atoms with Crippen LogP contribution in [0.5, 0.6) is 11.5 Å². The third-order valence-electron chi connectivity index (χ3n) is 18.7. The first-order valence-corrected chi connectivity index (χ1v) is 35.9. The highest BCUT2D eigenvalue weighted by Crippen LogP contribution is 2.52. The van der Waals surface area contributed by atoms with Crippen molar-refractivity contribution in [3.63, 3.8) is 0 Å². The molecule has 3 nitrogen and oxygen atoms in total. The van der Waals surface area contributed by atoms with Gasteiger partial charge >= 0.3 is 0 Å². The quantitative estimate of drug-likeness (QED) is 0.128. The molecule has 0 unspecified atom stereocenters. The van der Waals surface area contributed by atoms with Gasteiger partial charge < -0.3 is 4.74 Å². The fourth-order valence-corrected chi connectivity index (χ4v) is 13.3. The summed E-state index contributed by atoms with van der Waals surface area (Å²) in [4.78, 5) is 31.8. The van der Waals surface area contributed by atoms with E-state index < -0.39 is 0 Å². The number of carbonyl (C=O) groups excluding carboxylic acids is 2. The molecule has 2 aliphatic rings. The predicted molar refractivity (Wildman–Crippen MR) is 443 cm³/mol. The van der Waals surface area contributed by atoms with E-state index in [0.29, 0.717) is 33.8 Å². The van der Waals surface area contributed by atoms with Gasteiger partial charge in [-0.2, -0.15) is 0 Å². The van der Waals surface area contributed by atoms with Gasteiger partial charge in [-0.3, -0.25) is 9.59 Å². The van der Waals surface area contributed by atoms with Crippen molar-refractivity contribution in [1.82, 2.24) is 0 Å². The van der Waals surface area contributed by atoms with Crippen LogP contribution in [-0.2, 0) is 9.59 Å². The van der Waals surface area contributed by atoms with Gasteiger partial charge in [0.25, 0.3) is 0 Å². The molecule has 2 aliphatic carbocycles. The topological polar surface area (TPSA) is 43.4 Å². The first kappa shape index (κ1) is 68.0. The van der Waals surface area contributed by atoms with Crippen molar-refractivity contribution in [1.29, 1.82) is 0 Å². The summed E-state index contributed by atoms with van der Waals surface area (Å²) in [5.41, 5.74) is 22.1. The zero-order chi connectivity index (χ0) is 73.5. The van der Waals surface area contributed by atoms with Crippen molar-refractivity contribution in [2.75, 3.05) is 0 Å². The number of ketones is 2. The number of carbonyl (C=O) groups is 2. The molecule has 504 valence electrons. The Bertz CT molecular complexity index is 5920. The lowest BCUT2D eigenvalue weighted by atomic mass is 9.88. The summed E-state index contributed by atoms with van der Waals surface area (Å²) >= 11 is 0. The van der Waals surface area contributed by atoms with Gasteiger partial charge in [0.1, 0.15) is 11.5 Å². The van der Waals surface area contributed by atoms with Gasteiger partial charge in [0.2, 0.25) is 0 Å². The van der Waals surface area contributed by atoms with E-state index in [1.807, 2.05) is 352 Å². The van der Waals surface area contributed by atoms with Crippen molar-refractivity contribution >= 4 is 56.2 Å². The lowest BCUT2D eigenvalue weighted by Crippen LogP contribution is -2.02. The molecule has 0 amide bonds. The number of Topliss-reactive ketones (excluding diaryl/α,β-unsaturated/α-hetero) is 2. The molecule has 0 saturated carbocycles. The lowest BCUT2D eigenvalue weighted by molar-refractivity contribution is -0.109. The maximum absolute atomic E-state index is 15.9. The minimum atomic E-state index is -0.116. The van der Waals surface area contributed by atoms with E-state index in [9.17, 15) is 0 Å². The Hall–Kier alpha value is -15.5. The molecule has 0 saturated heterocycles. The lowest BCUT2D eigenvalue weighted by Gasteiger charge is -2.16. The summed E-state index contributed by atoms with van der Waals surface area (Å²) in [6.45, 7) is 0. The molecule has 109 heavy (non-hydrogen) atoms. The predicted octanol–water partition coefficient (Wildman–Crippen LogP) is 22.1. The summed E-state index contributed by atoms with van der Waals surface area (Å²) in [6, 6.07) is 123. The summed E-state index contributed by atoms with van der Waals surface area (Å²) in [7, 11) is 0. The summed E-state index contributed by atoms with van der Waals surface area (Å²) in [5, 5.41) is 0. The van der Waals surface area contributed by atoms with Gasteiger partial charge in [0, 0.05) is 111 Å². The summed E-state index contributed by atoms with van der Waals surface area (Å²) in [6.07, 6.45) is 0. The van der Waals surface area contributed by atoms with Crippen LogP contribution >= 0.6 is 0 Å². The van der Waals surface area contributed by atoms with Crippen LogP contribution in [0.25, 0.3) is 44.6 Å². The second-order valence-corrected chi connectivity index (χ2v) is 26.0. The Morgan fingerprint density at radius 3 is 0.422 bits per heavy atom. The number of rotatable bonds is 10. The average molecular weight is 1380 g/mol. The minimum absolute atomic E-state index is 0.116. The molecule has 3 heteroatoms. The number of hydrogen-bond acceptors (Lipinski definition) is 3. The second-order valence-electron chi connectivity index (χ2n) is 26.0. The van der Waals surface area contributed by atoms with Crippen molar-refractivity contribution in [2.45, 2.75) is 0 Å². The van der Waals surface area contributed by atoms with Crippen LogP contribution in [0.4, 0.5) is 0 Å². The van der Waals surface area contributed by atoms with Crippen LogP contribution in [0.2, 0.25) is 0 Å². The second kappa shape index (κ2) is 32.1. The monoisotopic (exact) mass is 1380 g/mol. The van der Waals surface area contributed by atoms with E-state index in [1.165, 1.54) is 0 Å². The van der Waals surface area contributed by atoms with Crippen LogP contribution < -0.4 is 4.74 Å². The molecule has 0 aliphatic heterocycles. The largest absolute Gasteiger partial charge is 0.457 e. The Labute approximate surface area is 636 Å². The Morgan fingerprint density at radius 2 is 0.266 bits per heavy atom. The fourth-order valence-electron chi connectivity index (χ4n) is 13.3. The Kier molecular flexibility index (Phi) is 20.0. The molecular formula is C106H62O3. The van der Waals surface area contributed by atoms with E-state index in [0.717, 1.165) is 134 Å². The van der Waals surface area contributed by atoms with E-state index in [4.69, 9.17) is 4.74 Å². The Balaban J connectivity index is 0.784. The molecular weight excluding hydrogens is 1320 g/mol. The summed E-state index contributed by atoms with van der Waals surface area (Å²) < 4.78 is 6.81. The van der Waals surface area contributed by atoms with Gasteiger partial charge in [0.05, 0.1) is 0 Å². The van der Waals surface area contributed by atoms with Crippen LogP contribution in [0.1, 0.15) is 111 Å². The molecule has 0 heterocycles. The van der Waals surface area contributed by atoms with Crippen molar-refractivity contribution < 1.29 is 14.3 Å². The highest BCUT2D eigenvalue weighted by molar-refractivity contribution is 6.60. The third kappa shape index (κ3) is 15.9. The third-order valence-corrected chi connectivity index (χ3v) is 18.7. The summed E-state index contributed by atoms with van der Waals surface area (Å²) in [5.74, 6) is 40.7. The molecule has 0 spiro atoms. The Morgan fingerprint density at radius 1 is 0.138 bits per heavy atom. The van der Waals surface area contributed by atoms with Crippen LogP contribution in [0, 0.1) is 71.0 Å². The SMILES string of the molecule is O=C1C(c2ccc(C#Cc3ccccc3)cc2)=C(c2ccc(C#Cc3ccccc3)cc2)C(c2ccc(Oc3ccc(C4=C(c5ccc(C#Cc6ccccc6)cc5)C(=O)C(c5ccc(C#Cc6ccccc6)cc5)=C4c4ccc(C#Cc5ccccc5)cc4)cc3)cc2)=C1c1ccc(C#Cc2ccccc2)cc1. The van der Waals surface area contributed by atoms with Crippen LogP contribution in [0.15, 0.2) is 376 Å². The molecule has 16 rings (SSSR count). The average Bonchev–Trinajstić information content (AvgIpc) is 1.59. The maximum atomic E-state index is 15.9. The standard InChI is InChI=1S/C106H62O3/c107-105-101(91-59-47-83(48-60-91)39-33-77-23-11-3-12-24-77)97(87-55-43-81(44-56-87)37-31-75-19-7-1-8-20-75)99(103(105)93-63-51-85(52-64-93)41-35-79-27-15-5-16-28-79)89-67-71-95(72-68-89)109-96-73-69-90(70-74-96)100-98(88-57-45-82(46-58-88)38-32-76-21-9-2-10-22-76)102(92-61-49-84(50-62-92)40-34-78-25-13-4-14-26-78)106(108)104(100)94-65-53-86(54-66-94)42-36-80-29-17-6-18-30-80/h1-30,43-74H. The normalized spacial score (nSPS) is 12.0. The number of benzene rings is 14. The van der Waals surface area contributed by atoms with E-state index in [2.05, 4.69) is 95.3 Å². The smallest absolute Gasteiger partial charge is 0.195 e. The van der Waals surface area contributed by atoms with Gasteiger partial charge in [-0.1, -0.05) is 277 Å². The molecule has 14 aromatic rings. The zero-order valence-corrected chi connectivity index (χ0v) is 59.0. The number of ether oxygens (including phenoxy) is 1. The minimum Gasteiger partial charge on any atom is -0.457 e. The van der Waals surface area contributed by atoms with Gasteiger partial charge in [-0.05, 0) is 214 Å². The van der Waals surface area contributed by atoms with Crippen molar-refractivity contribution in [2.24, 2.45) is 0 Å². The van der Waals surface area contributed by atoms with Crippen molar-refractivity contribution in [3.8, 4) is 82.5 Å². The van der Waals surface area contributed by atoms with E-state index >= 15 is 9.59 Å². The molecule has 0 radical (unpaired) electrons. The van der Waals surface area contributed by atoms with Gasteiger partial charge in [-0.25, -0.2) is 0 Å². The van der Waals surface area contributed by atoms with Crippen molar-refractivity contribution in [3.05, 3.63) is 487 Å². The van der Waals surface area contributed by atoms with Gasteiger partial charge in [-0.15, -0.1) is 0 Å². The zero-order valence-electron chi connectivity index (χ0n) is 59.0. The molecule has 0 bridgehead atoms. The fraction of sp³-hybridized carbons (Fsp3) is 0. The highest BCUT2D eigenvalue weighted by Gasteiger charge is 2.37. The molecule has 0 aromatic heterocycles. The molecule has 0 N–H and O–H groups in total. The molecule has 0 fully saturated rings. The number of hydrogen-bond donors (Lipinski definition) is 0. The molecule has 14 aromatic carbocycles.